The zero-order valence-electron chi connectivity index (χ0n) is 19.3. The molecule has 30 heavy (non-hydrogen) atoms. The van der Waals surface area contributed by atoms with E-state index < -0.39 is 5.60 Å². The van der Waals surface area contributed by atoms with Gasteiger partial charge in [0.2, 0.25) is 0 Å². The highest BCUT2D eigenvalue weighted by atomic mass is 127. The molecule has 0 spiro atoms. The highest BCUT2D eigenvalue weighted by Gasteiger charge is 2.52. The molecule has 0 N–H and O–H groups in total. The molecular formula is C27H37IO2. The number of carbonyl (C=O) groups excluding carboxylic acids is 1. The lowest BCUT2D eigenvalue weighted by Gasteiger charge is -2.54. The molecule has 3 rings (SSSR count). The van der Waals surface area contributed by atoms with Gasteiger partial charge in [-0.3, -0.25) is 0 Å². The number of hydrogen-bond donors (Lipinski definition) is 0. The van der Waals surface area contributed by atoms with Crippen LogP contribution in [0.25, 0.3) is 0 Å². The Hall–Kier alpha value is -1.10. The van der Waals surface area contributed by atoms with Crippen molar-refractivity contribution in [3.63, 3.8) is 0 Å². The fourth-order valence-electron chi connectivity index (χ4n) is 5.62. The molecule has 0 unspecified atom stereocenters. The van der Waals surface area contributed by atoms with Crippen molar-refractivity contribution in [1.29, 1.82) is 0 Å². The first kappa shape index (κ1) is 23.6. The highest BCUT2D eigenvalue weighted by molar-refractivity contribution is 14.1. The zero-order chi connectivity index (χ0) is 21.9. The van der Waals surface area contributed by atoms with Crippen molar-refractivity contribution < 1.29 is 9.53 Å². The molecule has 2 aliphatic carbocycles. The summed E-state index contributed by atoms with van der Waals surface area (Å²) in [5.74, 6) is 0.788. The van der Waals surface area contributed by atoms with Crippen LogP contribution in [0.15, 0.2) is 47.6 Å². The van der Waals surface area contributed by atoms with Crippen molar-refractivity contribution in [2.24, 2.45) is 17.3 Å². The second kappa shape index (κ2) is 9.58. The molecule has 0 radical (unpaired) electrons. The molecular weight excluding hydrogens is 483 g/mol. The summed E-state index contributed by atoms with van der Waals surface area (Å²) < 4.78 is 7.46. The van der Waals surface area contributed by atoms with Crippen LogP contribution in [-0.2, 0) is 4.74 Å². The van der Waals surface area contributed by atoms with E-state index >= 15 is 0 Å². The summed E-state index contributed by atoms with van der Waals surface area (Å²) in [6.07, 6.45) is 12.5. The SMILES string of the molecule is C/C1=C\C[C@@H]2CC[C@](C)(OC(=O)c3ccc(I)cc3)[C@@H](CC/C(C)=C/CC1)C2(C)C. The second-order valence-electron chi connectivity index (χ2n) is 10.2. The normalized spacial score (nSPS) is 33.1. The summed E-state index contributed by atoms with van der Waals surface area (Å²) in [5, 5.41) is 0. The van der Waals surface area contributed by atoms with Gasteiger partial charge in [-0.25, -0.2) is 4.79 Å². The van der Waals surface area contributed by atoms with Crippen molar-refractivity contribution in [2.45, 2.75) is 85.2 Å². The fourth-order valence-corrected chi connectivity index (χ4v) is 5.98. The number of hydrogen-bond acceptors (Lipinski definition) is 2. The van der Waals surface area contributed by atoms with Gasteiger partial charge in [0.05, 0.1) is 5.56 Å². The minimum absolute atomic E-state index is 0.121. The van der Waals surface area contributed by atoms with Gasteiger partial charge in [-0.2, -0.15) is 0 Å². The fraction of sp³-hybridized carbons (Fsp3) is 0.593. The van der Waals surface area contributed by atoms with E-state index in [4.69, 9.17) is 4.74 Å². The Morgan fingerprint density at radius 3 is 2.37 bits per heavy atom. The standard InChI is InChI=1S/C27H37IO2/c1-19-7-6-8-20(2)10-16-24-26(3,4)22(13-9-19)17-18-27(24,5)30-25(29)21-11-14-23(28)15-12-21/h8-9,11-12,14-15,22,24H,6-7,10,13,16-18H2,1-5H3/b19-9+,20-8+/t22-,24+,27+/m1/s1. The van der Waals surface area contributed by atoms with E-state index in [0.717, 1.165) is 42.1 Å². The van der Waals surface area contributed by atoms with Crippen molar-refractivity contribution in [3.05, 3.63) is 56.7 Å². The predicted octanol–water partition coefficient (Wildman–Crippen LogP) is 8.12. The van der Waals surface area contributed by atoms with Crippen LogP contribution in [0.2, 0.25) is 0 Å². The molecule has 1 fully saturated rings. The topological polar surface area (TPSA) is 26.3 Å². The number of halogens is 1. The molecule has 1 aromatic rings. The van der Waals surface area contributed by atoms with Gasteiger partial charge >= 0.3 is 5.97 Å². The quantitative estimate of drug-likeness (QED) is 0.224. The Morgan fingerprint density at radius 2 is 1.67 bits per heavy atom. The minimum atomic E-state index is -0.427. The number of benzene rings is 1. The number of ether oxygens (including phenoxy) is 1. The Bertz CT molecular complexity index is 818. The molecule has 0 aliphatic heterocycles. The highest BCUT2D eigenvalue weighted by Crippen LogP contribution is 2.54. The van der Waals surface area contributed by atoms with Crippen LogP contribution in [0.5, 0.6) is 0 Å². The number of esters is 1. The van der Waals surface area contributed by atoms with E-state index in [1.807, 2.05) is 24.3 Å². The molecule has 0 aromatic heterocycles. The molecule has 2 aliphatic rings. The third-order valence-corrected chi connectivity index (χ3v) is 8.41. The Labute approximate surface area is 196 Å². The summed E-state index contributed by atoms with van der Waals surface area (Å²) in [5.41, 5.74) is 3.32. The first-order valence-corrected chi connectivity index (χ1v) is 12.5. The van der Waals surface area contributed by atoms with Crippen molar-refractivity contribution in [2.75, 3.05) is 0 Å². The summed E-state index contributed by atoms with van der Waals surface area (Å²) in [4.78, 5) is 13.0. The average molecular weight is 520 g/mol. The Morgan fingerprint density at radius 1 is 1.00 bits per heavy atom. The van der Waals surface area contributed by atoms with Crippen molar-refractivity contribution in [1.82, 2.24) is 0 Å². The summed E-state index contributed by atoms with van der Waals surface area (Å²) >= 11 is 2.26. The molecule has 1 aromatic carbocycles. The Kier molecular flexibility index (Phi) is 7.53. The Balaban J connectivity index is 1.89. The molecule has 0 heterocycles. The van der Waals surface area contributed by atoms with E-state index in [9.17, 15) is 4.79 Å². The van der Waals surface area contributed by atoms with Crippen LogP contribution < -0.4 is 0 Å². The van der Waals surface area contributed by atoms with E-state index in [2.05, 4.69) is 69.4 Å². The lowest BCUT2D eigenvalue weighted by atomic mass is 9.54. The van der Waals surface area contributed by atoms with Crippen LogP contribution in [0.4, 0.5) is 0 Å². The smallest absolute Gasteiger partial charge is 0.338 e. The van der Waals surface area contributed by atoms with Crippen LogP contribution >= 0.6 is 22.6 Å². The number of carbonyl (C=O) groups is 1. The van der Waals surface area contributed by atoms with E-state index in [1.165, 1.54) is 17.6 Å². The van der Waals surface area contributed by atoms with Gasteiger partial charge in [0.15, 0.2) is 0 Å². The van der Waals surface area contributed by atoms with Crippen molar-refractivity contribution in [3.8, 4) is 0 Å². The van der Waals surface area contributed by atoms with Gasteiger partial charge in [-0.1, -0.05) is 37.1 Å². The first-order valence-electron chi connectivity index (χ1n) is 11.4. The van der Waals surface area contributed by atoms with Gasteiger partial charge in [-0.15, -0.1) is 0 Å². The molecule has 0 amide bonds. The molecule has 3 atom stereocenters. The average Bonchev–Trinajstić information content (AvgIpc) is 2.66. The maximum absolute atomic E-state index is 13.0. The van der Waals surface area contributed by atoms with Crippen LogP contribution in [0, 0.1) is 20.8 Å². The largest absolute Gasteiger partial charge is 0.455 e. The third-order valence-electron chi connectivity index (χ3n) is 7.69. The molecule has 164 valence electrons. The summed E-state index contributed by atoms with van der Waals surface area (Å²) in [7, 11) is 0. The molecule has 3 heteroatoms. The number of rotatable bonds is 2. The third kappa shape index (κ3) is 5.38. The van der Waals surface area contributed by atoms with Gasteiger partial charge in [0, 0.05) is 9.49 Å². The van der Waals surface area contributed by atoms with Gasteiger partial charge < -0.3 is 4.74 Å². The van der Waals surface area contributed by atoms with Crippen LogP contribution in [-0.4, -0.2) is 11.6 Å². The van der Waals surface area contributed by atoms with Crippen LogP contribution in [0.3, 0.4) is 0 Å². The monoisotopic (exact) mass is 520 g/mol. The van der Waals surface area contributed by atoms with Gasteiger partial charge in [-0.05, 0) is 124 Å². The zero-order valence-corrected chi connectivity index (χ0v) is 21.4. The van der Waals surface area contributed by atoms with Crippen molar-refractivity contribution >= 4 is 28.6 Å². The molecule has 1 saturated carbocycles. The van der Waals surface area contributed by atoms with Gasteiger partial charge in [0.25, 0.3) is 0 Å². The summed E-state index contributed by atoms with van der Waals surface area (Å²) in [6.45, 7) is 11.5. The lowest BCUT2D eigenvalue weighted by Crippen LogP contribution is -2.53. The maximum atomic E-state index is 13.0. The summed E-state index contributed by atoms with van der Waals surface area (Å²) in [6, 6.07) is 7.70. The second-order valence-corrected chi connectivity index (χ2v) is 11.5. The maximum Gasteiger partial charge on any atom is 0.338 e. The predicted molar refractivity (Wildman–Crippen MR) is 134 cm³/mol. The van der Waals surface area contributed by atoms with Gasteiger partial charge in [0.1, 0.15) is 5.60 Å². The molecule has 2 bridgehead atoms. The number of fused-ring (bicyclic) bond motifs is 2. The van der Waals surface area contributed by atoms with E-state index in [-0.39, 0.29) is 11.4 Å². The minimum Gasteiger partial charge on any atom is -0.455 e. The van der Waals surface area contributed by atoms with E-state index in [0.29, 0.717) is 17.4 Å². The lowest BCUT2D eigenvalue weighted by molar-refractivity contribution is -0.125. The van der Waals surface area contributed by atoms with E-state index in [1.54, 1.807) is 0 Å². The van der Waals surface area contributed by atoms with Crippen LogP contribution in [0.1, 0.15) is 89.9 Å². The first-order chi connectivity index (χ1) is 14.1. The molecule has 0 saturated heterocycles. The number of allylic oxidation sites excluding steroid dienone is 4. The molecule has 2 nitrogen and oxygen atoms in total.